The first-order valence-electron chi connectivity index (χ1n) is 6.94. The third-order valence-electron chi connectivity index (χ3n) is 3.91. The molecule has 2 aliphatic rings. The fourth-order valence-corrected chi connectivity index (χ4v) is 2.97. The lowest BCUT2D eigenvalue weighted by Crippen LogP contribution is -2.21. The number of nitrogens with zero attached hydrogens (tertiary/aromatic N) is 1. The minimum atomic E-state index is -0.337. The molecule has 0 radical (unpaired) electrons. The average molecular weight is 327 g/mol. The molecular formula is C17H11ClN2O3. The topological polar surface area (TPSA) is 77.5 Å². The van der Waals surface area contributed by atoms with Crippen LogP contribution in [0.15, 0.2) is 47.9 Å². The molecule has 0 spiro atoms. The van der Waals surface area contributed by atoms with E-state index in [9.17, 15) is 5.26 Å². The van der Waals surface area contributed by atoms with Crippen LogP contribution in [0.3, 0.4) is 0 Å². The molecular weight excluding hydrogens is 316 g/mol. The number of hydrogen-bond donors (Lipinski definition) is 1. The molecule has 2 aromatic carbocycles. The van der Waals surface area contributed by atoms with E-state index in [1.807, 2.05) is 18.2 Å². The summed E-state index contributed by atoms with van der Waals surface area (Å²) in [6.45, 7) is 0.165. The highest BCUT2D eigenvalue weighted by molar-refractivity contribution is 6.30. The number of hydrogen-bond acceptors (Lipinski definition) is 5. The second kappa shape index (κ2) is 5.11. The number of nitrogens with two attached hydrogens (primary N) is 1. The summed E-state index contributed by atoms with van der Waals surface area (Å²) in [6, 6.07) is 13.0. The van der Waals surface area contributed by atoms with E-state index >= 15 is 0 Å². The lowest BCUT2D eigenvalue weighted by atomic mass is 9.83. The Morgan fingerprint density at radius 2 is 1.78 bits per heavy atom. The van der Waals surface area contributed by atoms with E-state index in [1.165, 1.54) is 0 Å². The predicted molar refractivity (Wildman–Crippen MR) is 83.3 cm³/mol. The van der Waals surface area contributed by atoms with Crippen LogP contribution < -0.4 is 19.9 Å². The number of nitriles is 1. The number of fused-ring (bicyclic) bond motifs is 2. The summed E-state index contributed by atoms with van der Waals surface area (Å²) in [4.78, 5) is 0. The molecule has 0 aromatic heterocycles. The molecule has 0 unspecified atom stereocenters. The van der Waals surface area contributed by atoms with Gasteiger partial charge in [0.2, 0.25) is 12.7 Å². The van der Waals surface area contributed by atoms with E-state index < -0.39 is 0 Å². The van der Waals surface area contributed by atoms with Crippen LogP contribution in [0.1, 0.15) is 17.0 Å². The Kier molecular flexibility index (Phi) is 3.07. The third kappa shape index (κ3) is 2.16. The van der Waals surface area contributed by atoms with Crippen molar-refractivity contribution in [3.05, 3.63) is 64.0 Å². The van der Waals surface area contributed by atoms with Gasteiger partial charge in [-0.1, -0.05) is 23.7 Å². The van der Waals surface area contributed by atoms with Crippen molar-refractivity contribution in [2.45, 2.75) is 5.92 Å². The summed E-state index contributed by atoms with van der Waals surface area (Å²) in [5.41, 5.74) is 8.01. The summed E-state index contributed by atoms with van der Waals surface area (Å²) < 4.78 is 16.4. The lowest BCUT2D eigenvalue weighted by Gasteiger charge is -2.26. The first kappa shape index (κ1) is 13.8. The zero-order chi connectivity index (χ0) is 16.0. The van der Waals surface area contributed by atoms with Gasteiger partial charge < -0.3 is 19.9 Å². The zero-order valence-corrected chi connectivity index (χ0v) is 12.6. The largest absolute Gasteiger partial charge is 0.454 e. The van der Waals surface area contributed by atoms with Gasteiger partial charge in [0.15, 0.2) is 11.5 Å². The van der Waals surface area contributed by atoms with Crippen LogP contribution >= 0.6 is 11.6 Å². The van der Waals surface area contributed by atoms with Crippen molar-refractivity contribution in [2.75, 3.05) is 6.79 Å². The van der Waals surface area contributed by atoms with E-state index in [4.69, 9.17) is 31.5 Å². The SMILES string of the molecule is N#CC1=C(N)Oc2cc3c(cc2[C@@H]1c1ccc(Cl)cc1)OCO3. The Morgan fingerprint density at radius 3 is 2.48 bits per heavy atom. The Labute approximate surface area is 137 Å². The van der Waals surface area contributed by atoms with Crippen LogP contribution in [0.2, 0.25) is 5.02 Å². The number of rotatable bonds is 1. The van der Waals surface area contributed by atoms with E-state index in [0.717, 1.165) is 11.1 Å². The van der Waals surface area contributed by atoms with E-state index in [2.05, 4.69) is 6.07 Å². The van der Waals surface area contributed by atoms with Crippen LogP contribution in [0.4, 0.5) is 0 Å². The quantitative estimate of drug-likeness (QED) is 0.870. The average Bonchev–Trinajstić information content (AvgIpc) is 3.00. The molecule has 5 nitrogen and oxygen atoms in total. The molecule has 1 atom stereocenters. The Balaban J connectivity index is 1.92. The normalized spacial score (nSPS) is 18.2. The lowest BCUT2D eigenvalue weighted by molar-refractivity contribution is 0.174. The van der Waals surface area contributed by atoms with Gasteiger partial charge in [-0.2, -0.15) is 5.26 Å². The molecule has 2 N–H and O–H groups in total. The highest BCUT2D eigenvalue weighted by Gasteiger charge is 2.33. The van der Waals surface area contributed by atoms with Crippen molar-refractivity contribution in [2.24, 2.45) is 5.73 Å². The fraction of sp³-hybridized carbons (Fsp3) is 0.118. The van der Waals surface area contributed by atoms with Crippen molar-refractivity contribution in [1.29, 1.82) is 5.26 Å². The van der Waals surface area contributed by atoms with Gasteiger partial charge in [-0.25, -0.2) is 0 Å². The number of halogens is 1. The summed E-state index contributed by atoms with van der Waals surface area (Å²) >= 11 is 5.96. The van der Waals surface area contributed by atoms with Gasteiger partial charge in [-0.05, 0) is 23.8 Å². The van der Waals surface area contributed by atoms with Gasteiger partial charge in [-0.3, -0.25) is 0 Å². The highest BCUT2D eigenvalue weighted by Crippen LogP contribution is 2.47. The summed E-state index contributed by atoms with van der Waals surface area (Å²) in [6.07, 6.45) is 0. The van der Waals surface area contributed by atoms with Gasteiger partial charge >= 0.3 is 0 Å². The second-order valence-electron chi connectivity index (χ2n) is 5.22. The fourth-order valence-electron chi connectivity index (χ4n) is 2.85. The molecule has 4 rings (SSSR count). The van der Waals surface area contributed by atoms with Crippen molar-refractivity contribution in [1.82, 2.24) is 0 Å². The van der Waals surface area contributed by atoms with Gasteiger partial charge in [0.05, 0.1) is 5.92 Å². The zero-order valence-electron chi connectivity index (χ0n) is 11.9. The molecule has 0 bridgehead atoms. The van der Waals surface area contributed by atoms with Crippen LogP contribution in [-0.4, -0.2) is 6.79 Å². The molecule has 6 heteroatoms. The van der Waals surface area contributed by atoms with Gasteiger partial charge in [-0.15, -0.1) is 0 Å². The maximum atomic E-state index is 9.52. The smallest absolute Gasteiger partial charge is 0.231 e. The molecule has 2 aromatic rings. The minimum Gasteiger partial charge on any atom is -0.454 e. The van der Waals surface area contributed by atoms with Crippen molar-refractivity contribution < 1.29 is 14.2 Å². The first-order valence-corrected chi connectivity index (χ1v) is 7.32. The van der Waals surface area contributed by atoms with Crippen LogP contribution in [-0.2, 0) is 0 Å². The van der Waals surface area contributed by atoms with Gasteiger partial charge in [0.1, 0.15) is 17.4 Å². The van der Waals surface area contributed by atoms with Crippen molar-refractivity contribution in [3.8, 4) is 23.3 Å². The maximum Gasteiger partial charge on any atom is 0.231 e. The molecule has 0 saturated carbocycles. The van der Waals surface area contributed by atoms with E-state index in [1.54, 1.807) is 18.2 Å². The number of allylic oxidation sites excluding steroid dienone is 1. The molecule has 114 valence electrons. The predicted octanol–water partition coefficient (Wildman–Crippen LogP) is 3.29. The van der Waals surface area contributed by atoms with Crippen LogP contribution in [0.5, 0.6) is 17.2 Å². The second-order valence-corrected chi connectivity index (χ2v) is 5.66. The van der Waals surface area contributed by atoms with E-state index in [0.29, 0.717) is 27.8 Å². The van der Waals surface area contributed by atoms with Gasteiger partial charge in [0.25, 0.3) is 0 Å². The van der Waals surface area contributed by atoms with Gasteiger partial charge in [0, 0.05) is 16.7 Å². The van der Waals surface area contributed by atoms with Crippen LogP contribution in [0.25, 0.3) is 0 Å². The number of ether oxygens (including phenoxy) is 3. The minimum absolute atomic E-state index is 0.0961. The summed E-state index contributed by atoms with van der Waals surface area (Å²) in [7, 11) is 0. The summed E-state index contributed by atoms with van der Waals surface area (Å²) in [5.74, 6) is 1.55. The first-order chi connectivity index (χ1) is 11.2. The maximum absolute atomic E-state index is 9.52. The molecule has 2 heterocycles. The monoisotopic (exact) mass is 326 g/mol. The Hall–Kier alpha value is -2.84. The molecule has 0 aliphatic carbocycles. The molecule has 0 fully saturated rings. The van der Waals surface area contributed by atoms with Crippen molar-refractivity contribution >= 4 is 11.6 Å². The molecule has 23 heavy (non-hydrogen) atoms. The Morgan fingerprint density at radius 1 is 1.09 bits per heavy atom. The standard InChI is InChI=1S/C17H11ClN2O3/c18-10-3-1-9(2-4-10)16-11-5-14-15(22-8-21-14)6-13(11)23-17(20)12(16)7-19/h1-6,16H,8,20H2/t16-/m0/s1. The molecule has 0 saturated heterocycles. The molecule has 0 amide bonds. The van der Waals surface area contributed by atoms with E-state index in [-0.39, 0.29) is 18.6 Å². The number of benzene rings is 2. The third-order valence-corrected chi connectivity index (χ3v) is 4.17. The molecule has 2 aliphatic heterocycles. The van der Waals surface area contributed by atoms with Crippen LogP contribution in [0, 0.1) is 11.3 Å². The Bertz CT molecular complexity index is 869. The van der Waals surface area contributed by atoms with Crippen molar-refractivity contribution in [3.63, 3.8) is 0 Å². The highest BCUT2D eigenvalue weighted by atomic mass is 35.5. The summed E-state index contributed by atoms with van der Waals surface area (Å²) in [5, 5.41) is 10.1.